The standard InChI is InChI=1S/C21H16FN2O/c1-12-5-8-18-21(15-7-6-14(23-3)9-19(15)25-18)20(12)17-10-16(22)13(2)11-24(17)4/h5-11H,1-2,4H3/q+1/i2D3. The lowest BCUT2D eigenvalue weighted by atomic mass is 9.97. The molecule has 0 radical (unpaired) electrons. The monoisotopic (exact) mass is 334 g/mol. The predicted molar refractivity (Wildman–Crippen MR) is 96.0 cm³/mol. The molecule has 0 fully saturated rings. The largest absolute Gasteiger partial charge is 0.457 e. The van der Waals surface area contributed by atoms with Gasteiger partial charge in [0.2, 0.25) is 5.69 Å². The Morgan fingerprint density at radius 3 is 2.76 bits per heavy atom. The summed E-state index contributed by atoms with van der Waals surface area (Å²) in [7, 11) is 1.70. The van der Waals surface area contributed by atoms with E-state index in [1.165, 1.54) is 12.3 Å². The number of pyridine rings is 1. The third kappa shape index (κ3) is 2.28. The second kappa shape index (κ2) is 5.42. The van der Waals surface area contributed by atoms with Crippen LogP contribution in [-0.2, 0) is 7.05 Å². The Morgan fingerprint density at radius 2 is 2.00 bits per heavy atom. The van der Waals surface area contributed by atoms with Crippen LogP contribution in [0.25, 0.3) is 38.0 Å². The second-order valence-corrected chi connectivity index (χ2v) is 6.06. The van der Waals surface area contributed by atoms with E-state index in [2.05, 4.69) is 4.85 Å². The van der Waals surface area contributed by atoms with Gasteiger partial charge in [0, 0.05) is 26.5 Å². The van der Waals surface area contributed by atoms with Gasteiger partial charge in [-0.2, -0.15) is 0 Å². The molecule has 3 nitrogen and oxygen atoms in total. The van der Waals surface area contributed by atoms with Crippen LogP contribution in [-0.4, -0.2) is 0 Å². The van der Waals surface area contributed by atoms with Crippen molar-refractivity contribution in [1.82, 2.24) is 0 Å². The number of hydrogen-bond donors (Lipinski definition) is 0. The average Bonchev–Trinajstić information content (AvgIpc) is 3.00. The second-order valence-electron chi connectivity index (χ2n) is 6.06. The fraction of sp³-hybridized carbons (Fsp3) is 0.143. The maximum absolute atomic E-state index is 14.7. The van der Waals surface area contributed by atoms with Crippen molar-refractivity contribution < 1.29 is 17.5 Å². The maximum atomic E-state index is 14.7. The fourth-order valence-corrected chi connectivity index (χ4v) is 3.23. The molecule has 0 bridgehead atoms. The van der Waals surface area contributed by atoms with Crippen molar-refractivity contribution in [2.24, 2.45) is 7.05 Å². The third-order valence-corrected chi connectivity index (χ3v) is 4.44. The minimum absolute atomic E-state index is 0.317. The Balaban J connectivity index is 2.08. The van der Waals surface area contributed by atoms with Gasteiger partial charge in [-0.3, -0.25) is 0 Å². The molecule has 0 atom stereocenters. The topological polar surface area (TPSA) is 21.4 Å². The van der Waals surface area contributed by atoms with Gasteiger partial charge in [-0.05, 0) is 31.5 Å². The molecule has 4 rings (SSSR count). The Kier molecular flexibility index (Phi) is 2.65. The van der Waals surface area contributed by atoms with Crippen LogP contribution in [0.3, 0.4) is 0 Å². The highest BCUT2D eigenvalue weighted by Gasteiger charge is 2.22. The molecule has 0 saturated carbocycles. The maximum Gasteiger partial charge on any atom is 0.216 e. The van der Waals surface area contributed by atoms with E-state index >= 15 is 0 Å². The van der Waals surface area contributed by atoms with Crippen LogP contribution in [0.4, 0.5) is 10.1 Å². The summed E-state index contributed by atoms with van der Waals surface area (Å²) in [6.45, 7) is 6.56. The molecule has 122 valence electrons. The first-order valence-electron chi connectivity index (χ1n) is 9.24. The summed E-state index contributed by atoms with van der Waals surface area (Å²) in [6, 6.07) is 10.2. The van der Waals surface area contributed by atoms with Crippen LogP contribution >= 0.6 is 0 Å². The van der Waals surface area contributed by atoms with E-state index in [1.807, 2.05) is 25.1 Å². The first-order valence-corrected chi connectivity index (χ1v) is 7.74. The van der Waals surface area contributed by atoms with Crippen molar-refractivity contribution in [2.45, 2.75) is 13.8 Å². The molecule has 0 saturated heterocycles. The summed E-state index contributed by atoms with van der Waals surface area (Å²) in [4.78, 5) is 3.43. The number of fused-ring (bicyclic) bond motifs is 3. The van der Waals surface area contributed by atoms with Crippen LogP contribution in [0.2, 0.25) is 0 Å². The van der Waals surface area contributed by atoms with Crippen molar-refractivity contribution in [2.75, 3.05) is 0 Å². The SMILES string of the molecule is [2H]C([2H])([2H])c1c[n+](C)c(-c2c(C)ccc3oc4cc([N+]#[C-])ccc4c23)cc1F. The molecule has 0 N–H and O–H groups in total. The van der Waals surface area contributed by atoms with Crippen molar-refractivity contribution in [1.29, 1.82) is 0 Å². The fourth-order valence-electron chi connectivity index (χ4n) is 3.23. The molecule has 0 unspecified atom stereocenters. The van der Waals surface area contributed by atoms with Gasteiger partial charge < -0.3 is 4.42 Å². The quantitative estimate of drug-likeness (QED) is 0.338. The zero-order chi connectivity index (χ0) is 20.2. The van der Waals surface area contributed by atoms with E-state index < -0.39 is 12.7 Å². The van der Waals surface area contributed by atoms with Gasteiger partial charge in [0.25, 0.3) is 0 Å². The van der Waals surface area contributed by atoms with Crippen molar-refractivity contribution in [3.05, 3.63) is 71.0 Å². The number of benzene rings is 2. The normalized spacial score (nSPS) is 13.4. The Hall–Kier alpha value is -3.19. The lowest BCUT2D eigenvalue weighted by Gasteiger charge is -2.07. The summed E-state index contributed by atoms with van der Waals surface area (Å²) in [6.07, 6.45) is 1.31. The highest BCUT2D eigenvalue weighted by molar-refractivity contribution is 6.13. The molecular formula is C21H16FN2O+. The number of hydrogen-bond acceptors (Lipinski definition) is 1. The zero-order valence-electron chi connectivity index (χ0n) is 16.7. The highest BCUT2D eigenvalue weighted by atomic mass is 19.1. The van der Waals surface area contributed by atoms with Crippen LogP contribution in [0.5, 0.6) is 0 Å². The molecule has 2 heterocycles. The van der Waals surface area contributed by atoms with Crippen molar-refractivity contribution >= 4 is 27.6 Å². The summed E-state index contributed by atoms with van der Waals surface area (Å²) >= 11 is 0. The number of furan rings is 1. The Labute approximate surface area is 149 Å². The first kappa shape index (κ1) is 12.2. The minimum atomic E-state index is -2.53. The molecule has 0 aliphatic carbocycles. The molecule has 0 spiro atoms. The smallest absolute Gasteiger partial charge is 0.216 e. The molecule has 0 amide bonds. The summed E-state index contributed by atoms with van der Waals surface area (Å²) in [5, 5.41) is 1.63. The van der Waals surface area contributed by atoms with Gasteiger partial charge in [0.15, 0.2) is 11.9 Å². The first-order chi connectivity index (χ1) is 13.2. The molecule has 2 aromatic heterocycles. The van der Waals surface area contributed by atoms with Crippen LogP contribution in [0.15, 0.2) is 47.0 Å². The molecular weight excluding hydrogens is 315 g/mol. The zero-order valence-corrected chi connectivity index (χ0v) is 13.7. The highest BCUT2D eigenvalue weighted by Crippen LogP contribution is 2.38. The molecule has 25 heavy (non-hydrogen) atoms. The molecule has 4 heteroatoms. The number of rotatable bonds is 1. The van der Waals surface area contributed by atoms with Crippen molar-refractivity contribution in [3.63, 3.8) is 0 Å². The van der Waals surface area contributed by atoms with E-state index in [0.717, 1.165) is 21.9 Å². The van der Waals surface area contributed by atoms with Gasteiger partial charge in [-0.15, -0.1) is 0 Å². The summed E-state index contributed by atoms with van der Waals surface area (Å²) in [5.41, 5.74) is 3.58. The van der Waals surface area contributed by atoms with E-state index in [4.69, 9.17) is 15.1 Å². The van der Waals surface area contributed by atoms with E-state index in [0.29, 0.717) is 22.5 Å². The molecule has 0 aliphatic rings. The number of halogens is 1. The lowest BCUT2D eigenvalue weighted by Crippen LogP contribution is -2.31. The van der Waals surface area contributed by atoms with Crippen LogP contribution in [0, 0.1) is 26.2 Å². The van der Waals surface area contributed by atoms with E-state index in [1.54, 1.807) is 23.7 Å². The predicted octanol–water partition coefficient (Wildman–Crippen LogP) is 5.38. The Bertz CT molecular complexity index is 1300. The van der Waals surface area contributed by atoms with Gasteiger partial charge >= 0.3 is 0 Å². The van der Waals surface area contributed by atoms with Gasteiger partial charge in [-0.25, -0.2) is 13.8 Å². The van der Waals surface area contributed by atoms with Crippen molar-refractivity contribution in [3.8, 4) is 11.3 Å². The molecule has 4 aromatic rings. The van der Waals surface area contributed by atoms with Crippen LogP contribution in [0.1, 0.15) is 15.2 Å². The lowest BCUT2D eigenvalue weighted by molar-refractivity contribution is -0.660. The Morgan fingerprint density at radius 1 is 1.16 bits per heavy atom. The summed E-state index contributed by atoms with van der Waals surface area (Å²) < 4.78 is 44.8. The number of aromatic nitrogens is 1. The molecule has 0 aliphatic heterocycles. The minimum Gasteiger partial charge on any atom is -0.457 e. The van der Waals surface area contributed by atoms with Crippen LogP contribution < -0.4 is 4.57 Å². The van der Waals surface area contributed by atoms with Gasteiger partial charge in [0.05, 0.1) is 12.1 Å². The average molecular weight is 334 g/mol. The van der Waals surface area contributed by atoms with E-state index in [9.17, 15) is 4.39 Å². The molecule has 2 aromatic carbocycles. The summed E-state index contributed by atoms with van der Waals surface area (Å²) in [5.74, 6) is -0.771. The third-order valence-electron chi connectivity index (χ3n) is 4.44. The van der Waals surface area contributed by atoms with Gasteiger partial charge in [0.1, 0.15) is 24.0 Å². The van der Waals surface area contributed by atoms with E-state index in [-0.39, 0.29) is 5.56 Å². The van der Waals surface area contributed by atoms with Gasteiger partial charge in [-0.1, -0.05) is 18.2 Å². The number of nitrogens with zero attached hydrogens (tertiary/aromatic N) is 2. The number of aryl methyl sites for hydroxylation is 3.